The van der Waals surface area contributed by atoms with E-state index < -0.39 is 0 Å². The summed E-state index contributed by atoms with van der Waals surface area (Å²) < 4.78 is 6.13. The first-order chi connectivity index (χ1) is 16.2. The normalized spacial score (nSPS) is 17.9. The molecule has 2 heterocycles. The molecule has 6 nitrogen and oxygen atoms in total. The minimum absolute atomic E-state index is 0.0101. The number of hydrogen-bond donors (Lipinski definition) is 0. The summed E-state index contributed by atoms with van der Waals surface area (Å²) in [6.07, 6.45) is 7.16. The van der Waals surface area contributed by atoms with Gasteiger partial charge < -0.3 is 14.5 Å². The van der Waals surface area contributed by atoms with E-state index >= 15 is 0 Å². The van der Waals surface area contributed by atoms with Crippen molar-refractivity contribution in [3.8, 4) is 11.5 Å². The Balaban J connectivity index is 1.25. The van der Waals surface area contributed by atoms with Gasteiger partial charge in [0.05, 0.1) is 12.2 Å². The van der Waals surface area contributed by atoms with Gasteiger partial charge in [-0.05, 0) is 43.2 Å². The number of nitrogens with zero attached hydrogens (tertiary/aromatic N) is 3. The standard InChI is InChI=1S/C27H33N3O3/c31-23(22-30-17-8-2-5-15-27(30)32)10-9-16-28-18-20-29(21-19-28)25-13-6-7-14-26(25)33-24-11-3-1-4-12-24/h1,3-4,6-7,9-14H,2,5,8,15-22H2/b10-9+. The Morgan fingerprint density at radius 1 is 0.879 bits per heavy atom. The molecule has 2 saturated heterocycles. The molecule has 6 heteroatoms. The van der Waals surface area contributed by atoms with Crippen LogP contribution in [0.1, 0.15) is 25.7 Å². The van der Waals surface area contributed by atoms with Crippen molar-refractivity contribution >= 4 is 17.4 Å². The third kappa shape index (κ3) is 6.68. The van der Waals surface area contributed by atoms with Crippen molar-refractivity contribution in [3.05, 3.63) is 66.7 Å². The first kappa shape index (κ1) is 23.1. The minimum Gasteiger partial charge on any atom is -0.455 e. The lowest BCUT2D eigenvalue weighted by Gasteiger charge is -2.36. The van der Waals surface area contributed by atoms with Crippen molar-refractivity contribution in [2.75, 3.05) is 50.7 Å². The highest BCUT2D eigenvalue weighted by atomic mass is 16.5. The predicted octanol–water partition coefficient (Wildman–Crippen LogP) is 4.13. The second-order valence-electron chi connectivity index (χ2n) is 8.67. The molecule has 0 atom stereocenters. The molecule has 0 unspecified atom stereocenters. The number of benzene rings is 2. The molecule has 1 amide bonds. The van der Waals surface area contributed by atoms with E-state index in [1.807, 2.05) is 54.6 Å². The summed E-state index contributed by atoms with van der Waals surface area (Å²) in [4.78, 5) is 30.8. The maximum Gasteiger partial charge on any atom is 0.222 e. The average molecular weight is 448 g/mol. The Hall–Kier alpha value is -3.12. The molecule has 2 aliphatic heterocycles. The topological polar surface area (TPSA) is 53.1 Å². The monoisotopic (exact) mass is 447 g/mol. The predicted molar refractivity (Wildman–Crippen MR) is 131 cm³/mol. The van der Waals surface area contributed by atoms with Crippen LogP contribution in [0.15, 0.2) is 66.7 Å². The molecule has 2 fully saturated rings. The molecule has 2 aliphatic rings. The Morgan fingerprint density at radius 3 is 2.45 bits per heavy atom. The molecule has 0 spiro atoms. The smallest absolute Gasteiger partial charge is 0.222 e. The van der Waals surface area contributed by atoms with Crippen LogP contribution in [-0.2, 0) is 9.59 Å². The summed E-state index contributed by atoms with van der Waals surface area (Å²) in [5.74, 6) is 1.82. The summed E-state index contributed by atoms with van der Waals surface area (Å²) >= 11 is 0. The number of para-hydroxylation sites is 3. The summed E-state index contributed by atoms with van der Waals surface area (Å²) in [6, 6.07) is 18.0. The van der Waals surface area contributed by atoms with Crippen LogP contribution in [-0.4, -0.2) is 67.3 Å². The molecular formula is C27H33N3O3. The van der Waals surface area contributed by atoms with Crippen LogP contribution in [0.4, 0.5) is 5.69 Å². The Bertz CT molecular complexity index is 952. The second-order valence-corrected chi connectivity index (χ2v) is 8.67. The summed E-state index contributed by atoms with van der Waals surface area (Å²) in [5.41, 5.74) is 1.11. The molecule has 0 aromatic heterocycles. The number of carbonyl (C=O) groups excluding carboxylic acids is 2. The van der Waals surface area contributed by atoms with Crippen molar-refractivity contribution < 1.29 is 14.3 Å². The van der Waals surface area contributed by atoms with Gasteiger partial charge in [-0.2, -0.15) is 0 Å². The van der Waals surface area contributed by atoms with E-state index in [4.69, 9.17) is 4.74 Å². The summed E-state index contributed by atoms with van der Waals surface area (Å²) in [5, 5.41) is 0. The first-order valence-electron chi connectivity index (χ1n) is 12.0. The minimum atomic E-state index is 0.0101. The van der Waals surface area contributed by atoms with Crippen LogP contribution in [0, 0.1) is 0 Å². The van der Waals surface area contributed by atoms with Crippen molar-refractivity contribution in [1.29, 1.82) is 0 Å². The Morgan fingerprint density at radius 2 is 1.64 bits per heavy atom. The van der Waals surface area contributed by atoms with E-state index in [0.29, 0.717) is 13.0 Å². The van der Waals surface area contributed by atoms with Gasteiger partial charge in [-0.25, -0.2) is 0 Å². The van der Waals surface area contributed by atoms with Gasteiger partial charge in [-0.1, -0.05) is 42.8 Å². The van der Waals surface area contributed by atoms with Crippen molar-refractivity contribution in [3.63, 3.8) is 0 Å². The highest BCUT2D eigenvalue weighted by molar-refractivity contribution is 5.94. The van der Waals surface area contributed by atoms with Gasteiger partial charge >= 0.3 is 0 Å². The molecule has 0 N–H and O–H groups in total. The fraction of sp³-hybridized carbons (Fsp3) is 0.407. The van der Waals surface area contributed by atoms with E-state index in [-0.39, 0.29) is 18.2 Å². The van der Waals surface area contributed by atoms with Crippen molar-refractivity contribution in [2.45, 2.75) is 25.7 Å². The van der Waals surface area contributed by atoms with Gasteiger partial charge in [0.25, 0.3) is 0 Å². The molecule has 2 aromatic rings. The quantitative estimate of drug-likeness (QED) is 0.570. The van der Waals surface area contributed by atoms with Gasteiger partial charge in [0.15, 0.2) is 11.5 Å². The summed E-state index contributed by atoms with van der Waals surface area (Å²) in [7, 11) is 0. The fourth-order valence-corrected chi connectivity index (χ4v) is 4.37. The highest BCUT2D eigenvalue weighted by Gasteiger charge is 2.20. The molecular weight excluding hydrogens is 414 g/mol. The van der Waals surface area contributed by atoms with Crippen LogP contribution < -0.4 is 9.64 Å². The van der Waals surface area contributed by atoms with Crippen molar-refractivity contribution in [2.24, 2.45) is 0 Å². The zero-order valence-electron chi connectivity index (χ0n) is 19.2. The highest BCUT2D eigenvalue weighted by Crippen LogP contribution is 2.32. The molecule has 0 aliphatic carbocycles. The summed E-state index contributed by atoms with van der Waals surface area (Å²) in [6.45, 7) is 5.30. The SMILES string of the molecule is O=C(/C=C/CN1CCN(c2ccccc2Oc2ccccc2)CC1)CN1CCCCCC1=O. The second kappa shape index (κ2) is 11.7. The number of ether oxygens (including phenoxy) is 1. The third-order valence-corrected chi connectivity index (χ3v) is 6.23. The lowest BCUT2D eigenvalue weighted by Crippen LogP contribution is -2.46. The number of amides is 1. The maximum atomic E-state index is 12.3. The molecule has 0 bridgehead atoms. The molecule has 2 aromatic carbocycles. The van der Waals surface area contributed by atoms with Gasteiger partial charge in [0, 0.05) is 45.7 Å². The number of ketones is 1. The zero-order chi connectivity index (χ0) is 22.9. The average Bonchev–Trinajstić information content (AvgIpc) is 3.04. The number of piperazine rings is 1. The van der Waals surface area contributed by atoms with Crippen LogP contribution >= 0.6 is 0 Å². The molecule has 0 radical (unpaired) electrons. The molecule has 0 saturated carbocycles. The fourth-order valence-electron chi connectivity index (χ4n) is 4.37. The van der Waals surface area contributed by atoms with Gasteiger partial charge in [-0.3, -0.25) is 14.5 Å². The van der Waals surface area contributed by atoms with Gasteiger partial charge in [0.1, 0.15) is 5.75 Å². The van der Waals surface area contributed by atoms with Crippen LogP contribution in [0.2, 0.25) is 0 Å². The lowest BCUT2D eigenvalue weighted by molar-refractivity contribution is -0.133. The molecule has 4 rings (SSSR count). The largest absolute Gasteiger partial charge is 0.455 e. The first-order valence-corrected chi connectivity index (χ1v) is 12.0. The van der Waals surface area contributed by atoms with E-state index in [9.17, 15) is 9.59 Å². The maximum absolute atomic E-state index is 12.3. The number of anilines is 1. The van der Waals surface area contributed by atoms with Crippen LogP contribution in [0.3, 0.4) is 0 Å². The number of carbonyl (C=O) groups is 2. The number of rotatable bonds is 8. The van der Waals surface area contributed by atoms with Crippen molar-refractivity contribution in [1.82, 2.24) is 9.80 Å². The van der Waals surface area contributed by atoms with E-state index in [1.165, 1.54) is 0 Å². The molecule has 33 heavy (non-hydrogen) atoms. The van der Waals surface area contributed by atoms with Crippen LogP contribution in [0.5, 0.6) is 11.5 Å². The van der Waals surface area contributed by atoms with E-state index in [1.54, 1.807) is 11.0 Å². The molecule has 174 valence electrons. The number of hydrogen-bond acceptors (Lipinski definition) is 5. The van der Waals surface area contributed by atoms with Gasteiger partial charge in [0.2, 0.25) is 5.91 Å². The van der Waals surface area contributed by atoms with Crippen LogP contribution in [0.25, 0.3) is 0 Å². The van der Waals surface area contributed by atoms with E-state index in [0.717, 1.165) is 69.2 Å². The Labute approximate surface area is 196 Å². The van der Waals surface area contributed by atoms with E-state index in [2.05, 4.69) is 15.9 Å². The third-order valence-electron chi connectivity index (χ3n) is 6.23. The van der Waals surface area contributed by atoms with Gasteiger partial charge in [-0.15, -0.1) is 0 Å². The number of likely N-dealkylation sites (tertiary alicyclic amines) is 1. The Kier molecular flexibility index (Phi) is 8.14. The zero-order valence-corrected chi connectivity index (χ0v) is 19.2. The lowest BCUT2D eigenvalue weighted by atomic mass is 10.2.